The first-order valence-electron chi connectivity index (χ1n) is 1.37. The summed E-state index contributed by atoms with van der Waals surface area (Å²) in [5, 5.41) is 0.444. The molecule has 0 bridgehead atoms. The van der Waals surface area contributed by atoms with Gasteiger partial charge in [-0.3, -0.25) is 0 Å². The van der Waals surface area contributed by atoms with E-state index in [2.05, 4.69) is 0 Å². The van der Waals surface area contributed by atoms with Crippen molar-refractivity contribution >= 4 is 21.8 Å². The summed E-state index contributed by atoms with van der Waals surface area (Å²) in [6.45, 7) is 1.99. The molecule has 0 aromatic heterocycles. The SMILES string of the molecule is CC([SiH3])Cl. The predicted molar refractivity (Wildman–Crippen MR) is 25.3 cm³/mol. The maximum atomic E-state index is 5.34. The minimum absolute atomic E-state index is 0.444. The molecule has 4 heavy (non-hydrogen) atoms. The Labute approximate surface area is 34.6 Å². The fourth-order valence-corrected chi connectivity index (χ4v) is 0. The lowest BCUT2D eigenvalue weighted by molar-refractivity contribution is 1.38. The van der Waals surface area contributed by atoms with Crippen molar-refractivity contribution in [1.82, 2.24) is 0 Å². The van der Waals surface area contributed by atoms with Crippen LogP contribution in [0, 0.1) is 0 Å². The number of hydrogen-bond acceptors (Lipinski definition) is 0. The molecule has 0 saturated carbocycles. The first-order valence-corrected chi connectivity index (χ1v) is 2.96. The largest absolute Gasteiger partial charge is 0.128 e. The lowest BCUT2D eigenvalue weighted by Gasteiger charge is -1.75. The van der Waals surface area contributed by atoms with Gasteiger partial charge in [-0.25, -0.2) is 0 Å². The van der Waals surface area contributed by atoms with Crippen LogP contribution in [0.2, 0.25) is 0 Å². The maximum absolute atomic E-state index is 5.34. The molecule has 0 aromatic rings. The molecule has 0 heterocycles. The molecule has 2 heteroatoms. The van der Waals surface area contributed by atoms with E-state index in [0.29, 0.717) is 5.00 Å². The van der Waals surface area contributed by atoms with E-state index in [-0.39, 0.29) is 0 Å². The zero-order valence-corrected chi connectivity index (χ0v) is 5.71. The molecule has 0 aliphatic rings. The van der Waals surface area contributed by atoms with E-state index in [4.69, 9.17) is 11.6 Å². The molecule has 0 radical (unpaired) electrons. The zero-order valence-electron chi connectivity index (χ0n) is 2.96. The van der Waals surface area contributed by atoms with Crippen LogP contribution >= 0.6 is 11.6 Å². The quantitative estimate of drug-likeness (QED) is 0.291. The molecule has 0 aliphatic heterocycles. The van der Waals surface area contributed by atoms with Gasteiger partial charge in [0.25, 0.3) is 0 Å². The molecular formula is C2H7ClSi. The van der Waals surface area contributed by atoms with Crippen LogP contribution in [0.1, 0.15) is 6.92 Å². The van der Waals surface area contributed by atoms with Gasteiger partial charge in [0.05, 0.1) is 0 Å². The van der Waals surface area contributed by atoms with Crippen molar-refractivity contribution in [2.75, 3.05) is 0 Å². The standard InChI is InChI=1S/C2H7ClSi/c1-2(3)4/h2H,1,4H3. The summed E-state index contributed by atoms with van der Waals surface area (Å²) in [5.41, 5.74) is 0. The summed E-state index contributed by atoms with van der Waals surface area (Å²) < 4.78 is 0. The Morgan fingerprint density at radius 3 is 2.00 bits per heavy atom. The third kappa shape index (κ3) is 22.2. The van der Waals surface area contributed by atoms with Gasteiger partial charge in [0.2, 0.25) is 0 Å². The van der Waals surface area contributed by atoms with Crippen molar-refractivity contribution in [2.24, 2.45) is 0 Å². The molecule has 26 valence electrons. The number of rotatable bonds is 0. The fourth-order valence-electron chi connectivity index (χ4n) is 0. The van der Waals surface area contributed by atoms with Crippen molar-refractivity contribution < 1.29 is 0 Å². The van der Waals surface area contributed by atoms with Gasteiger partial charge in [-0.1, -0.05) is 6.92 Å². The maximum Gasteiger partial charge on any atom is 0.0251 e. The second-order valence-electron chi connectivity index (χ2n) is 1.01. The molecule has 0 saturated heterocycles. The first-order chi connectivity index (χ1) is 1.73. The fraction of sp³-hybridized carbons (Fsp3) is 1.00. The first kappa shape index (κ1) is 4.51. The van der Waals surface area contributed by atoms with E-state index in [0.717, 1.165) is 10.2 Å². The van der Waals surface area contributed by atoms with Crippen LogP contribution in [-0.2, 0) is 0 Å². The Morgan fingerprint density at radius 1 is 2.00 bits per heavy atom. The minimum Gasteiger partial charge on any atom is -0.128 e. The predicted octanol–water partition coefficient (Wildman–Crippen LogP) is -0.0634. The molecule has 1 atom stereocenters. The highest BCUT2D eigenvalue weighted by atomic mass is 35.5. The topological polar surface area (TPSA) is 0 Å². The third-order valence-corrected chi connectivity index (χ3v) is 0. The Balaban J connectivity index is 2.32. The van der Waals surface area contributed by atoms with E-state index in [1.54, 1.807) is 0 Å². The Morgan fingerprint density at radius 2 is 2.00 bits per heavy atom. The van der Waals surface area contributed by atoms with Crippen molar-refractivity contribution in [1.29, 1.82) is 0 Å². The molecule has 1 unspecified atom stereocenters. The van der Waals surface area contributed by atoms with Gasteiger partial charge >= 0.3 is 0 Å². The van der Waals surface area contributed by atoms with E-state index in [1.165, 1.54) is 0 Å². The highest BCUT2D eigenvalue weighted by Crippen LogP contribution is 1.78. The van der Waals surface area contributed by atoms with Gasteiger partial charge < -0.3 is 0 Å². The lowest BCUT2D eigenvalue weighted by Crippen LogP contribution is -1.81. The molecule has 0 fully saturated rings. The van der Waals surface area contributed by atoms with Gasteiger partial charge in [-0.05, 0) is 0 Å². The Bertz CT molecular complexity index is 10.8. The second-order valence-corrected chi connectivity index (χ2v) is 4.35. The van der Waals surface area contributed by atoms with Gasteiger partial charge in [-0.2, -0.15) is 0 Å². The Hall–Kier alpha value is 0.507. The second kappa shape index (κ2) is 1.79. The monoisotopic (exact) mass is 94.0 g/mol. The average molecular weight is 94.6 g/mol. The minimum atomic E-state index is 0.444. The normalized spacial score (nSPS) is 16.5. The number of hydrogen-bond donors (Lipinski definition) is 0. The molecule has 0 N–H and O–H groups in total. The van der Waals surface area contributed by atoms with Crippen LogP contribution in [0.3, 0.4) is 0 Å². The van der Waals surface area contributed by atoms with Crippen LogP contribution in [0.25, 0.3) is 0 Å². The van der Waals surface area contributed by atoms with Crippen LogP contribution < -0.4 is 0 Å². The van der Waals surface area contributed by atoms with Gasteiger partial charge in [0, 0.05) is 15.2 Å². The Kier molecular flexibility index (Phi) is 2.02. The highest BCUT2D eigenvalue weighted by molar-refractivity contribution is 6.40. The molecule has 0 aromatic carbocycles. The molecule has 0 spiro atoms. The summed E-state index contributed by atoms with van der Waals surface area (Å²) in [6.07, 6.45) is 0. The van der Waals surface area contributed by atoms with E-state index in [9.17, 15) is 0 Å². The van der Waals surface area contributed by atoms with Gasteiger partial charge in [0.15, 0.2) is 0 Å². The van der Waals surface area contributed by atoms with Crippen LogP contribution in [-0.4, -0.2) is 15.2 Å². The van der Waals surface area contributed by atoms with Gasteiger partial charge in [-0.15, -0.1) is 11.6 Å². The third-order valence-electron chi connectivity index (χ3n) is 0. The lowest BCUT2D eigenvalue weighted by atomic mass is 11.0. The van der Waals surface area contributed by atoms with Crippen LogP contribution in [0.5, 0.6) is 0 Å². The van der Waals surface area contributed by atoms with E-state index >= 15 is 0 Å². The molecule has 0 nitrogen and oxygen atoms in total. The van der Waals surface area contributed by atoms with E-state index in [1.807, 2.05) is 6.92 Å². The summed E-state index contributed by atoms with van der Waals surface area (Å²) in [5.74, 6) is 0. The average Bonchev–Trinajstić information content (AvgIpc) is 0.811. The molecular weight excluding hydrogens is 87.6 g/mol. The highest BCUT2D eigenvalue weighted by Gasteiger charge is 1.72. The number of halogens is 1. The summed E-state index contributed by atoms with van der Waals surface area (Å²) in [6, 6.07) is 0. The zero-order chi connectivity index (χ0) is 3.58. The molecule has 0 amide bonds. The van der Waals surface area contributed by atoms with E-state index < -0.39 is 0 Å². The van der Waals surface area contributed by atoms with Crippen molar-refractivity contribution in [2.45, 2.75) is 11.9 Å². The summed E-state index contributed by atoms with van der Waals surface area (Å²) in [7, 11) is 1.11. The summed E-state index contributed by atoms with van der Waals surface area (Å²) >= 11 is 5.34. The number of alkyl halides is 1. The van der Waals surface area contributed by atoms with Crippen molar-refractivity contribution in [3.63, 3.8) is 0 Å². The van der Waals surface area contributed by atoms with Gasteiger partial charge in [0.1, 0.15) is 0 Å². The van der Waals surface area contributed by atoms with Crippen molar-refractivity contribution in [3.8, 4) is 0 Å². The molecule has 0 rings (SSSR count). The van der Waals surface area contributed by atoms with Crippen molar-refractivity contribution in [3.05, 3.63) is 0 Å². The smallest absolute Gasteiger partial charge is 0.0251 e. The molecule has 0 aliphatic carbocycles. The van der Waals surface area contributed by atoms with Crippen LogP contribution in [0.15, 0.2) is 0 Å². The summed E-state index contributed by atoms with van der Waals surface area (Å²) in [4.78, 5) is 0. The van der Waals surface area contributed by atoms with Crippen LogP contribution in [0.4, 0.5) is 0 Å².